The van der Waals surface area contributed by atoms with Gasteiger partial charge in [-0.3, -0.25) is 4.79 Å². The lowest BCUT2D eigenvalue weighted by atomic mass is 10.1. The van der Waals surface area contributed by atoms with Gasteiger partial charge in [0.1, 0.15) is 0 Å². The first-order valence-corrected chi connectivity index (χ1v) is 9.14. The first kappa shape index (κ1) is 17.5. The molecule has 1 aliphatic rings. The topological polar surface area (TPSA) is 78.0 Å². The number of nitrogens with zero attached hydrogens (tertiary/aromatic N) is 5. The van der Waals surface area contributed by atoms with Gasteiger partial charge in [0, 0.05) is 48.0 Å². The molecule has 1 aliphatic heterocycles. The number of aromatic nitrogens is 4. The van der Waals surface area contributed by atoms with E-state index >= 15 is 0 Å². The lowest BCUT2D eigenvalue weighted by Gasteiger charge is -2.37. The number of anilines is 1. The maximum absolute atomic E-state index is 12.8. The van der Waals surface area contributed by atoms with Crippen LogP contribution < -0.4 is 4.90 Å². The lowest BCUT2D eigenvalue weighted by molar-refractivity contribution is 0.0747. The predicted octanol–water partition coefficient (Wildman–Crippen LogP) is 2.79. The number of aromatic amines is 1. The molecule has 1 amide bonds. The van der Waals surface area contributed by atoms with Crippen LogP contribution in [0.5, 0.6) is 0 Å². The minimum absolute atomic E-state index is 0.0390. The van der Waals surface area contributed by atoms with E-state index in [0.29, 0.717) is 24.5 Å². The van der Waals surface area contributed by atoms with E-state index in [1.165, 1.54) is 5.56 Å². The van der Waals surface area contributed by atoms with Gasteiger partial charge < -0.3 is 9.80 Å². The van der Waals surface area contributed by atoms with Crippen molar-refractivity contribution in [1.29, 1.82) is 0 Å². The number of benzene rings is 2. The quantitative estimate of drug-likeness (QED) is 0.753. The van der Waals surface area contributed by atoms with Gasteiger partial charge in [-0.05, 0) is 42.0 Å². The van der Waals surface area contributed by atoms with Crippen molar-refractivity contribution in [2.24, 2.45) is 0 Å². The van der Waals surface area contributed by atoms with Crippen molar-refractivity contribution in [3.63, 3.8) is 0 Å². The molecule has 2 heterocycles. The van der Waals surface area contributed by atoms with Crippen LogP contribution in [0.15, 0.2) is 42.5 Å². The molecule has 2 aromatic carbocycles. The van der Waals surface area contributed by atoms with E-state index < -0.39 is 0 Å². The fourth-order valence-corrected chi connectivity index (χ4v) is 3.47. The molecule has 0 unspecified atom stereocenters. The van der Waals surface area contributed by atoms with Gasteiger partial charge in [-0.25, -0.2) is 0 Å². The van der Waals surface area contributed by atoms with E-state index in [0.717, 1.165) is 29.4 Å². The van der Waals surface area contributed by atoms with Crippen LogP contribution in [-0.4, -0.2) is 57.6 Å². The maximum atomic E-state index is 12.8. The number of carbonyl (C=O) groups is 1. The second kappa shape index (κ2) is 7.36. The molecule has 0 bridgehead atoms. The van der Waals surface area contributed by atoms with Gasteiger partial charge in [0.25, 0.3) is 5.91 Å². The number of hydrogen-bond donors (Lipinski definition) is 1. The molecular weight excluding hydrogens is 364 g/mol. The Hall–Kier alpha value is -2.93. The van der Waals surface area contributed by atoms with E-state index in [1.807, 2.05) is 47.4 Å². The number of rotatable bonds is 3. The lowest BCUT2D eigenvalue weighted by Crippen LogP contribution is -2.49. The maximum Gasteiger partial charge on any atom is 0.253 e. The highest BCUT2D eigenvalue weighted by atomic mass is 35.5. The summed E-state index contributed by atoms with van der Waals surface area (Å²) in [4.78, 5) is 17.0. The molecule has 0 saturated carbocycles. The zero-order chi connectivity index (χ0) is 18.8. The van der Waals surface area contributed by atoms with Gasteiger partial charge in [0.2, 0.25) is 5.82 Å². The zero-order valence-electron chi connectivity index (χ0n) is 14.9. The number of amides is 1. The molecule has 27 heavy (non-hydrogen) atoms. The van der Waals surface area contributed by atoms with Gasteiger partial charge in [-0.2, -0.15) is 5.21 Å². The summed E-state index contributed by atoms with van der Waals surface area (Å²) < 4.78 is 0. The highest BCUT2D eigenvalue weighted by molar-refractivity contribution is 6.30. The summed E-state index contributed by atoms with van der Waals surface area (Å²) in [5.74, 6) is 0.552. The second-order valence-electron chi connectivity index (χ2n) is 6.52. The smallest absolute Gasteiger partial charge is 0.253 e. The van der Waals surface area contributed by atoms with E-state index in [2.05, 4.69) is 32.4 Å². The fourth-order valence-electron chi connectivity index (χ4n) is 3.30. The van der Waals surface area contributed by atoms with Crippen molar-refractivity contribution in [3.05, 3.63) is 58.6 Å². The monoisotopic (exact) mass is 382 g/mol. The Bertz CT molecular complexity index is 933. The van der Waals surface area contributed by atoms with E-state index in [4.69, 9.17) is 11.6 Å². The standard InChI is InChI=1S/C19H19ClN6O/c1-13-2-7-16(20)12-17(13)25-8-10-26(11-9-25)19(27)15-5-3-14(4-6-15)18-21-23-24-22-18/h2-7,12H,8-11H2,1H3,(H,21,22,23,24). The molecule has 7 nitrogen and oxygen atoms in total. The van der Waals surface area contributed by atoms with Crippen molar-refractivity contribution in [2.45, 2.75) is 6.92 Å². The van der Waals surface area contributed by atoms with Crippen LogP contribution in [0.25, 0.3) is 11.4 Å². The summed E-state index contributed by atoms with van der Waals surface area (Å²) in [6.45, 7) is 5.00. The SMILES string of the molecule is Cc1ccc(Cl)cc1N1CCN(C(=O)c2ccc(-c3nn[nH]n3)cc2)CC1. The van der Waals surface area contributed by atoms with Crippen LogP contribution in [0.2, 0.25) is 5.02 Å². The second-order valence-corrected chi connectivity index (χ2v) is 6.96. The third kappa shape index (κ3) is 3.64. The van der Waals surface area contributed by atoms with Crippen LogP contribution in [0, 0.1) is 6.92 Å². The summed E-state index contributed by atoms with van der Waals surface area (Å²) in [6.07, 6.45) is 0. The first-order chi connectivity index (χ1) is 13.1. The largest absolute Gasteiger partial charge is 0.368 e. The van der Waals surface area contributed by atoms with E-state index in [-0.39, 0.29) is 5.91 Å². The average Bonchev–Trinajstić information content (AvgIpc) is 3.24. The molecule has 0 radical (unpaired) electrons. The molecule has 3 aromatic rings. The normalized spacial score (nSPS) is 14.4. The fraction of sp³-hybridized carbons (Fsp3) is 0.263. The molecule has 0 atom stereocenters. The number of aryl methyl sites for hydroxylation is 1. The Labute approximate surface area is 161 Å². The van der Waals surface area contributed by atoms with Crippen LogP contribution in [-0.2, 0) is 0 Å². The van der Waals surface area contributed by atoms with Gasteiger partial charge in [0.15, 0.2) is 0 Å². The van der Waals surface area contributed by atoms with Crippen molar-refractivity contribution in [3.8, 4) is 11.4 Å². The molecule has 1 fully saturated rings. The molecule has 138 valence electrons. The van der Waals surface area contributed by atoms with Crippen LogP contribution in [0.4, 0.5) is 5.69 Å². The summed E-state index contributed by atoms with van der Waals surface area (Å²) in [5, 5.41) is 14.6. The zero-order valence-corrected chi connectivity index (χ0v) is 15.6. The molecule has 8 heteroatoms. The van der Waals surface area contributed by atoms with Crippen LogP contribution in [0.1, 0.15) is 15.9 Å². The minimum atomic E-state index is 0.0390. The molecule has 4 rings (SSSR count). The number of nitrogens with one attached hydrogen (secondary N) is 1. The number of halogens is 1. The average molecular weight is 383 g/mol. The Kier molecular flexibility index (Phi) is 4.77. The van der Waals surface area contributed by atoms with E-state index in [1.54, 1.807) is 0 Å². The molecule has 1 saturated heterocycles. The Morgan fingerprint density at radius 1 is 1.07 bits per heavy atom. The summed E-state index contributed by atoms with van der Waals surface area (Å²) in [5.41, 5.74) is 3.81. The minimum Gasteiger partial charge on any atom is -0.368 e. The summed E-state index contributed by atoms with van der Waals surface area (Å²) in [7, 11) is 0. The van der Waals surface area contributed by atoms with Crippen molar-refractivity contribution in [1.82, 2.24) is 25.5 Å². The Morgan fingerprint density at radius 2 is 1.81 bits per heavy atom. The highest BCUT2D eigenvalue weighted by Crippen LogP contribution is 2.25. The molecule has 1 N–H and O–H groups in total. The summed E-state index contributed by atoms with van der Waals surface area (Å²) in [6, 6.07) is 13.2. The number of tetrazole rings is 1. The third-order valence-electron chi connectivity index (χ3n) is 4.81. The third-order valence-corrected chi connectivity index (χ3v) is 5.05. The van der Waals surface area contributed by atoms with Crippen molar-refractivity contribution < 1.29 is 4.79 Å². The Morgan fingerprint density at radius 3 is 2.48 bits per heavy atom. The van der Waals surface area contributed by atoms with Gasteiger partial charge in [-0.15, -0.1) is 10.2 Å². The number of carbonyl (C=O) groups excluding carboxylic acids is 1. The van der Waals surface area contributed by atoms with E-state index in [9.17, 15) is 4.79 Å². The Balaban J connectivity index is 1.42. The molecule has 0 aliphatic carbocycles. The van der Waals surface area contributed by atoms with Gasteiger partial charge in [0.05, 0.1) is 0 Å². The molecule has 0 spiro atoms. The first-order valence-electron chi connectivity index (χ1n) is 8.76. The number of H-pyrrole nitrogens is 1. The molecular formula is C19H19ClN6O. The van der Waals surface area contributed by atoms with Gasteiger partial charge in [-0.1, -0.05) is 29.8 Å². The number of hydrogen-bond acceptors (Lipinski definition) is 5. The number of piperazine rings is 1. The molecule has 1 aromatic heterocycles. The van der Waals surface area contributed by atoms with Crippen molar-refractivity contribution in [2.75, 3.05) is 31.1 Å². The highest BCUT2D eigenvalue weighted by Gasteiger charge is 2.23. The van der Waals surface area contributed by atoms with Gasteiger partial charge >= 0.3 is 0 Å². The van der Waals surface area contributed by atoms with Crippen molar-refractivity contribution >= 4 is 23.2 Å². The van der Waals surface area contributed by atoms with Crippen LogP contribution in [0.3, 0.4) is 0 Å². The summed E-state index contributed by atoms with van der Waals surface area (Å²) >= 11 is 6.14. The predicted molar refractivity (Wildman–Crippen MR) is 104 cm³/mol. The van der Waals surface area contributed by atoms with Crippen LogP contribution >= 0.6 is 11.6 Å².